The third-order valence-corrected chi connectivity index (χ3v) is 2.33. The Bertz CT molecular complexity index is 398. The zero-order valence-corrected chi connectivity index (χ0v) is 15.8. The van der Waals surface area contributed by atoms with E-state index in [2.05, 4.69) is 4.52 Å². The Labute approximate surface area is 146 Å². The molecule has 0 saturated carbocycles. The third kappa shape index (κ3) is 7.36. The first-order valence-corrected chi connectivity index (χ1v) is 5.97. The monoisotopic (exact) mass is 274 g/mol. The van der Waals surface area contributed by atoms with Crippen LogP contribution in [0.3, 0.4) is 0 Å². The molecule has 0 fully saturated rings. The molecule has 1 rings (SSSR count). The summed E-state index contributed by atoms with van der Waals surface area (Å²) >= 11 is 0. The van der Waals surface area contributed by atoms with Gasteiger partial charge < -0.3 is 18.9 Å². The van der Waals surface area contributed by atoms with Crippen LogP contribution in [-0.4, -0.2) is 0 Å². The number of para-hydroxylation sites is 1. The van der Waals surface area contributed by atoms with Gasteiger partial charge in [-0.05, 0) is 17.0 Å². The van der Waals surface area contributed by atoms with Crippen molar-refractivity contribution in [3.05, 3.63) is 29.8 Å². The quantitative estimate of drug-likeness (QED) is 0.401. The summed E-state index contributed by atoms with van der Waals surface area (Å²) in [7, 11) is -4.98. The van der Waals surface area contributed by atoms with Gasteiger partial charge in [-0.3, -0.25) is 0 Å². The smallest absolute Gasteiger partial charge is 0.780 e. The predicted molar refractivity (Wildman–Crippen MR) is 53.4 cm³/mol. The maximum absolute atomic E-state index is 10.5. The van der Waals surface area contributed by atoms with Gasteiger partial charge in [0.25, 0.3) is 0 Å². The van der Waals surface area contributed by atoms with E-state index in [1.165, 1.54) is 6.07 Å². The predicted octanol–water partition coefficient (Wildman–Crippen LogP) is -4.80. The summed E-state index contributed by atoms with van der Waals surface area (Å²) < 4.78 is 14.9. The molecular formula is C10H13Na2O4P. The molecular weight excluding hydrogens is 261 g/mol. The molecule has 0 N–H and O–H groups in total. The number of phosphoric ester groups is 1. The summed E-state index contributed by atoms with van der Waals surface area (Å²) in [6.45, 7) is 5.74. The van der Waals surface area contributed by atoms with E-state index in [4.69, 9.17) is 0 Å². The molecule has 17 heavy (non-hydrogen) atoms. The standard InChI is InChI=1S/C10H15O4P.2Na/c1-10(2,3)8-6-4-5-7-9(8)14-15(11,12)13;;/h4-7H,1-3H3,(H2,11,12,13);;/q;2*+1/p-2. The topological polar surface area (TPSA) is 72.4 Å². The van der Waals surface area contributed by atoms with Crippen LogP contribution in [0.25, 0.3) is 0 Å². The van der Waals surface area contributed by atoms with Crippen molar-refractivity contribution in [1.29, 1.82) is 0 Å². The maximum Gasteiger partial charge on any atom is 1.00 e. The SMILES string of the molecule is CC(C)(C)c1ccccc1OP(=O)([O-])[O-].[Na+].[Na+]. The van der Waals surface area contributed by atoms with E-state index in [9.17, 15) is 14.4 Å². The Hall–Kier alpha value is 1.17. The first kappa shape index (κ1) is 20.5. The second-order valence-electron chi connectivity index (χ2n) is 4.28. The van der Waals surface area contributed by atoms with Crippen molar-refractivity contribution >= 4 is 7.82 Å². The zero-order valence-electron chi connectivity index (χ0n) is 10.9. The summed E-state index contributed by atoms with van der Waals surface area (Å²) in [5, 5.41) is 0. The Morgan fingerprint density at radius 3 is 2.00 bits per heavy atom. The summed E-state index contributed by atoms with van der Waals surface area (Å²) in [6.07, 6.45) is 0. The Morgan fingerprint density at radius 2 is 1.59 bits per heavy atom. The molecule has 0 aliphatic carbocycles. The maximum atomic E-state index is 10.5. The van der Waals surface area contributed by atoms with E-state index in [-0.39, 0.29) is 70.3 Å². The van der Waals surface area contributed by atoms with Crippen molar-refractivity contribution in [2.24, 2.45) is 0 Å². The summed E-state index contributed by atoms with van der Waals surface area (Å²) in [6, 6.07) is 6.61. The molecule has 0 aliphatic heterocycles. The van der Waals surface area contributed by atoms with Gasteiger partial charge in [0.15, 0.2) is 0 Å². The summed E-state index contributed by atoms with van der Waals surface area (Å²) in [4.78, 5) is 21.1. The van der Waals surface area contributed by atoms with Gasteiger partial charge in [0.05, 0.1) is 0 Å². The van der Waals surface area contributed by atoms with Crippen molar-refractivity contribution < 1.29 is 78.0 Å². The molecule has 0 bridgehead atoms. The van der Waals surface area contributed by atoms with Crippen LogP contribution < -0.4 is 73.4 Å². The van der Waals surface area contributed by atoms with E-state index < -0.39 is 7.82 Å². The van der Waals surface area contributed by atoms with Crippen LogP contribution in [0.2, 0.25) is 0 Å². The largest absolute Gasteiger partial charge is 1.00 e. The molecule has 7 heteroatoms. The van der Waals surface area contributed by atoms with Gasteiger partial charge in [-0.15, -0.1) is 0 Å². The van der Waals surface area contributed by atoms with Crippen LogP contribution in [-0.2, 0) is 9.98 Å². The first-order chi connectivity index (χ1) is 6.70. The molecule has 1 aromatic carbocycles. The Kier molecular flexibility index (Phi) is 9.26. The Balaban J connectivity index is 0. The van der Waals surface area contributed by atoms with Crippen molar-refractivity contribution in [2.75, 3.05) is 0 Å². The Morgan fingerprint density at radius 1 is 1.12 bits per heavy atom. The number of hydrogen-bond donors (Lipinski definition) is 0. The average molecular weight is 274 g/mol. The van der Waals surface area contributed by atoms with Gasteiger partial charge in [-0.1, -0.05) is 39.0 Å². The molecule has 0 unspecified atom stereocenters. The van der Waals surface area contributed by atoms with Gasteiger partial charge in [-0.2, -0.15) is 0 Å². The minimum absolute atomic E-state index is 0. The van der Waals surface area contributed by atoms with E-state index in [0.29, 0.717) is 5.56 Å². The van der Waals surface area contributed by atoms with Crippen LogP contribution in [0.4, 0.5) is 0 Å². The zero-order chi connectivity index (χ0) is 11.7. The van der Waals surface area contributed by atoms with E-state index in [1.54, 1.807) is 18.2 Å². The fraction of sp³-hybridized carbons (Fsp3) is 0.400. The molecule has 0 aromatic heterocycles. The summed E-state index contributed by atoms with van der Waals surface area (Å²) in [5.41, 5.74) is 0.420. The van der Waals surface area contributed by atoms with Crippen molar-refractivity contribution in [3.63, 3.8) is 0 Å². The van der Waals surface area contributed by atoms with E-state index >= 15 is 0 Å². The van der Waals surface area contributed by atoms with Gasteiger partial charge in [0, 0.05) is 0 Å². The molecule has 0 aliphatic rings. The first-order valence-electron chi connectivity index (χ1n) is 4.51. The van der Waals surface area contributed by atoms with Crippen LogP contribution in [0.15, 0.2) is 24.3 Å². The fourth-order valence-corrected chi connectivity index (χ4v) is 1.69. The molecule has 0 radical (unpaired) electrons. The molecule has 0 saturated heterocycles. The molecule has 0 amide bonds. The molecule has 84 valence electrons. The van der Waals surface area contributed by atoms with Crippen molar-refractivity contribution in [2.45, 2.75) is 26.2 Å². The van der Waals surface area contributed by atoms with Crippen LogP contribution in [0.5, 0.6) is 5.75 Å². The molecule has 0 atom stereocenters. The molecule has 0 spiro atoms. The number of hydrogen-bond acceptors (Lipinski definition) is 4. The second kappa shape index (κ2) is 7.68. The normalized spacial score (nSPS) is 11.1. The minimum atomic E-state index is -4.98. The molecule has 1 aromatic rings. The van der Waals surface area contributed by atoms with Crippen LogP contribution >= 0.6 is 7.82 Å². The van der Waals surface area contributed by atoms with Crippen LogP contribution in [0, 0.1) is 0 Å². The van der Waals surface area contributed by atoms with Crippen molar-refractivity contribution in [1.82, 2.24) is 0 Å². The van der Waals surface area contributed by atoms with Gasteiger partial charge >= 0.3 is 59.1 Å². The van der Waals surface area contributed by atoms with E-state index in [1.807, 2.05) is 20.8 Å². The van der Waals surface area contributed by atoms with Crippen LogP contribution in [0.1, 0.15) is 26.3 Å². The minimum Gasteiger partial charge on any atom is -0.780 e. The molecule has 4 nitrogen and oxygen atoms in total. The van der Waals surface area contributed by atoms with E-state index in [0.717, 1.165) is 0 Å². The third-order valence-electron chi connectivity index (χ3n) is 1.91. The molecule has 0 heterocycles. The number of benzene rings is 1. The second-order valence-corrected chi connectivity index (χ2v) is 5.36. The average Bonchev–Trinajstić information content (AvgIpc) is 1.99. The number of rotatable bonds is 2. The number of phosphoric acid groups is 1. The fourth-order valence-electron chi connectivity index (χ4n) is 1.29. The van der Waals surface area contributed by atoms with Gasteiger partial charge in [0.2, 0.25) is 0 Å². The van der Waals surface area contributed by atoms with Gasteiger partial charge in [0.1, 0.15) is 13.6 Å². The van der Waals surface area contributed by atoms with Crippen molar-refractivity contribution in [3.8, 4) is 5.75 Å². The summed E-state index contributed by atoms with van der Waals surface area (Å²) in [5.74, 6) is 0.110. The van der Waals surface area contributed by atoms with Gasteiger partial charge in [-0.25, -0.2) is 0 Å².